The number of allylic oxidation sites excluding steroid dienone is 1. The third-order valence-corrected chi connectivity index (χ3v) is 6.81. The Morgan fingerprint density at radius 3 is 2.68 bits per heavy atom. The first-order valence-electron chi connectivity index (χ1n) is 11.2. The number of aromatic amines is 1. The van der Waals surface area contributed by atoms with E-state index in [1.54, 1.807) is 12.1 Å². The van der Waals surface area contributed by atoms with Crippen molar-refractivity contribution in [1.29, 1.82) is 0 Å². The molecule has 5 rings (SSSR count). The van der Waals surface area contributed by atoms with Gasteiger partial charge in [0.05, 0.1) is 17.7 Å². The topological polar surface area (TPSA) is 99.4 Å². The van der Waals surface area contributed by atoms with Gasteiger partial charge in [-0.15, -0.1) is 6.58 Å². The summed E-state index contributed by atoms with van der Waals surface area (Å²) in [4.78, 5) is 28.4. The summed E-state index contributed by atoms with van der Waals surface area (Å²) in [5, 5.41) is 16.7. The molecule has 1 aromatic carbocycles. The van der Waals surface area contributed by atoms with E-state index in [0.29, 0.717) is 55.2 Å². The molecular weight excluding hydrogens is 459 g/mol. The Balaban J connectivity index is 1.40. The van der Waals surface area contributed by atoms with Crippen molar-refractivity contribution in [3.05, 3.63) is 63.2 Å². The lowest BCUT2D eigenvalue weighted by atomic mass is 10.1. The van der Waals surface area contributed by atoms with Gasteiger partial charge in [0.25, 0.3) is 0 Å². The summed E-state index contributed by atoms with van der Waals surface area (Å²) in [7, 11) is 0. The Hall–Kier alpha value is -3.31. The van der Waals surface area contributed by atoms with E-state index in [2.05, 4.69) is 21.7 Å². The molecule has 0 bridgehead atoms. The van der Waals surface area contributed by atoms with E-state index in [4.69, 9.17) is 12.2 Å². The second-order valence-electron chi connectivity index (χ2n) is 8.74. The van der Waals surface area contributed by atoms with Crippen LogP contribution in [0.15, 0.2) is 35.8 Å². The molecule has 1 saturated heterocycles. The summed E-state index contributed by atoms with van der Waals surface area (Å²) in [5.74, 6) is -0.982. The number of pyridine rings is 1. The molecule has 2 N–H and O–H groups in total. The summed E-state index contributed by atoms with van der Waals surface area (Å²) in [6, 6.07) is 3.03. The quantitative estimate of drug-likeness (QED) is 0.393. The molecule has 0 radical (unpaired) electrons. The molecule has 178 valence electrons. The maximum absolute atomic E-state index is 15.2. The number of fused-ring (bicyclic) bond motifs is 1. The van der Waals surface area contributed by atoms with Crippen molar-refractivity contribution >= 4 is 34.8 Å². The van der Waals surface area contributed by atoms with Gasteiger partial charge < -0.3 is 14.6 Å². The van der Waals surface area contributed by atoms with Gasteiger partial charge in [-0.2, -0.15) is 5.10 Å². The lowest BCUT2D eigenvalue weighted by Crippen LogP contribution is -2.46. The zero-order valence-corrected chi connectivity index (χ0v) is 19.4. The maximum Gasteiger partial charge on any atom is 0.341 e. The fraction of sp³-hybridized carbons (Fsp3) is 0.391. The van der Waals surface area contributed by atoms with Gasteiger partial charge in [-0.3, -0.25) is 19.4 Å². The van der Waals surface area contributed by atoms with E-state index in [-0.39, 0.29) is 17.0 Å². The Morgan fingerprint density at radius 2 is 2.03 bits per heavy atom. The minimum Gasteiger partial charge on any atom is -0.477 e. The number of nitrogens with one attached hydrogen (secondary N) is 1. The SMILES string of the molecule is C=CCn1c(CN2CCN(c3cc4c(cc3F)c(=O)c(C(=O)O)cn4C3CC3)CC2)n[nH]c1=S. The number of aromatic nitrogens is 4. The van der Waals surface area contributed by atoms with Crippen LogP contribution in [-0.2, 0) is 13.1 Å². The first kappa shape index (κ1) is 22.5. The molecule has 34 heavy (non-hydrogen) atoms. The molecule has 1 saturated carbocycles. The average Bonchev–Trinajstić information content (AvgIpc) is 3.60. The molecule has 0 atom stereocenters. The highest BCUT2D eigenvalue weighted by molar-refractivity contribution is 7.71. The van der Waals surface area contributed by atoms with Crippen molar-refractivity contribution in [1.82, 2.24) is 24.2 Å². The fourth-order valence-corrected chi connectivity index (χ4v) is 4.77. The van der Waals surface area contributed by atoms with Crippen LogP contribution in [0.4, 0.5) is 10.1 Å². The fourth-order valence-electron chi connectivity index (χ4n) is 4.54. The third-order valence-electron chi connectivity index (χ3n) is 6.50. The van der Waals surface area contributed by atoms with E-state index in [1.807, 2.05) is 14.0 Å². The van der Waals surface area contributed by atoms with E-state index in [0.717, 1.165) is 18.7 Å². The van der Waals surface area contributed by atoms with Crippen LogP contribution in [0.3, 0.4) is 0 Å². The van der Waals surface area contributed by atoms with E-state index < -0.39 is 17.2 Å². The molecule has 0 amide bonds. The molecule has 9 nitrogen and oxygen atoms in total. The zero-order valence-electron chi connectivity index (χ0n) is 18.5. The van der Waals surface area contributed by atoms with Gasteiger partial charge in [-0.1, -0.05) is 6.08 Å². The molecule has 2 fully saturated rings. The molecule has 3 heterocycles. The summed E-state index contributed by atoms with van der Waals surface area (Å²) in [5.41, 5.74) is 0.0340. The highest BCUT2D eigenvalue weighted by atomic mass is 32.1. The number of rotatable bonds is 7. The first-order chi connectivity index (χ1) is 16.4. The van der Waals surface area contributed by atoms with Crippen molar-refractivity contribution in [3.8, 4) is 0 Å². The van der Waals surface area contributed by atoms with Gasteiger partial charge in [-0.25, -0.2) is 9.18 Å². The number of hydrogen-bond acceptors (Lipinski definition) is 6. The van der Waals surface area contributed by atoms with Crippen LogP contribution in [0.2, 0.25) is 0 Å². The number of halogens is 1. The van der Waals surface area contributed by atoms with Crippen LogP contribution in [0, 0.1) is 10.6 Å². The van der Waals surface area contributed by atoms with Gasteiger partial charge >= 0.3 is 5.97 Å². The Kier molecular flexibility index (Phi) is 5.82. The Labute approximate surface area is 199 Å². The molecule has 1 aliphatic heterocycles. The molecular formula is C23H25FN6O3S. The van der Waals surface area contributed by atoms with E-state index in [9.17, 15) is 14.7 Å². The number of anilines is 1. The highest BCUT2D eigenvalue weighted by Crippen LogP contribution is 2.38. The number of piperazine rings is 1. The molecule has 2 aromatic heterocycles. The summed E-state index contributed by atoms with van der Waals surface area (Å²) in [6.07, 6.45) is 5.00. The lowest BCUT2D eigenvalue weighted by molar-refractivity contribution is 0.0695. The Bertz CT molecular complexity index is 1400. The molecule has 2 aliphatic rings. The largest absolute Gasteiger partial charge is 0.477 e. The monoisotopic (exact) mass is 484 g/mol. The van der Waals surface area contributed by atoms with Crippen molar-refractivity contribution in [3.63, 3.8) is 0 Å². The number of aromatic carboxylic acids is 1. The van der Waals surface area contributed by atoms with Crippen LogP contribution in [0.5, 0.6) is 0 Å². The highest BCUT2D eigenvalue weighted by Gasteiger charge is 2.28. The minimum atomic E-state index is -1.30. The van der Waals surface area contributed by atoms with E-state index in [1.165, 1.54) is 12.3 Å². The predicted molar refractivity (Wildman–Crippen MR) is 128 cm³/mol. The smallest absolute Gasteiger partial charge is 0.341 e. The number of carbonyl (C=O) groups is 1. The second-order valence-corrected chi connectivity index (χ2v) is 9.13. The standard InChI is InChI=1S/C23H25FN6O3S/c1-2-5-29-20(25-26-23(29)34)13-27-6-8-28(9-7-27)19-11-18-15(10-17(19)24)21(31)16(22(32)33)12-30(18)14-3-4-14/h2,10-12,14H,1,3-9,13H2,(H,26,34)(H,32,33). The van der Waals surface area contributed by atoms with Gasteiger partial charge in [0.2, 0.25) is 5.43 Å². The minimum absolute atomic E-state index is 0.108. The van der Waals surface area contributed by atoms with Crippen molar-refractivity contribution in [2.75, 3.05) is 31.1 Å². The van der Waals surface area contributed by atoms with Crippen LogP contribution < -0.4 is 10.3 Å². The Morgan fingerprint density at radius 1 is 1.29 bits per heavy atom. The van der Waals surface area contributed by atoms with Gasteiger partial charge in [0, 0.05) is 50.3 Å². The van der Waals surface area contributed by atoms with E-state index >= 15 is 4.39 Å². The molecule has 0 spiro atoms. The zero-order chi connectivity index (χ0) is 24.0. The van der Waals surface area contributed by atoms with Crippen LogP contribution in [-0.4, -0.2) is 61.5 Å². The molecule has 1 aliphatic carbocycles. The van der Waals surface area contributed by atoms with Crippen molar-refractivity contribution in [2.24, 2.45) is 0 Å². The van der Waals surface area contributed by atoms with Crippen LogP contribution in [0.1, 0.15) is 35.1 Å². The molecule has 11 heteroatoms. The number of carboxylic acids is 1. The number of H-pyrrole nitrogens is 1. The second kappa shape index (κ2) is 8.80. The average molecular weight is 485 g/mol. The van der Waals surface area contributed by atoms with Gasteiger partial charge in [-0.05, 0) is 37.2 Å². The predicted octanol–water partition coefficient (Wildman–Crippen LogP) is 2.94. The summed E-state index contributed by atoms with van der Waals surface area (Å²) < 4.78 is 19.4. The first-order valence-corrected chi connectivity index (χ1v) is 11.6. The van der Waals surface area contributed by atoms with Crippen LogP contribution in [0.25, 0.3) is 10.9 Å². The molecule has 3 aromatic rings. The van der Waals surface area contributed by atoms with Gasteiger partial charge in [0.1, 0.15) is 17.2 Å². The third kappa shape index (κ3) is 4.05. The van der Waals surface area contributed by atoms with Crippen molar-refractivity contribution < 1.29 is 14.3 Å². The van der Waals surface area contributed by atoms with Crippen LogP contribution >= 0.6 is 12.2 Å². The summed E-state index contributed by atoms with van der Waals surface area (Å²) >= 11 is 5.28. The number of carboxylic acid groups (broad SMARTS) is 1. The summed E-state index contributed by atoms with van der Waals surface area (Å²) in [6.45, 7) is 7.59. The number of hydrogen-bond donors (Lipinski definition) is 2. The van der Waals surface area contributed by atoms with Crippen molar-refractivity contribution in [2.45, 2.75) is 32.0 Å². The number of benzene rings is 1. The number of nitrogens with zero attached hydrogens (tertiary/aromatic N) is 5. The molecule has 0 unspecified atom stereocenters. The lowest BCUT2D eigenvalue weighted by Gasteiger charge is -2.36. The normalized spacial score (nSPS) is 16.8. The maximum atomic E-state index is 15.2. The van der Waals surface area contributed by atoms with Gasteiger partial charge in [0.15, 0.2) is 4.77 Å².